The van der Waals surface area contributed by atoms with Gasteiger partial charge in [-0.3, -0.25) is 0 Å². The highest BCUT2D eigenvalue weighted by molar-refractivity contribution is 7.85. The number of halogens is 2. The van der Waals surface area contributed by atoms with Crippen molar-refractivity contribution in [3.05, 3.63) is 100 Å². The number of pyridine rings is 1. The number of aliphatic hydroxyl groups is 1. The van der Waals surface area contributed by atoms with Crippen molar-refractivity contribution in [3.63, 3.8) is 0 Å². The van der Waals surface area contributed by atoms with Crippen molar-refractivity contribution in [2.24, 2.45) is 7.05 Å². The van der Waals surface area contributed by atoms with E-state index in [-0.39, 0.29) is 17.5 Å². The van der Waals surface area contributed by atoms with Crippen molar-refractivity contribution in [2.45, 2.75) is 23.8 Å². The Morgan fingerprint density at radius 3 is 2.29 bits per heavy atom. The van der Waals surface area contributed by atoms with Gasteiger partial charge in [0.05, 0.1) is 17.5 Å². The van der Waals surface area contributed by atoms with E-state index in [2.05, 4.69) is 65.1 Å². The van der Waals surface area contributed by atoms with Crippen LogP contribution in [0.3, 0.4) is 0 Å². The molecule has 4 aromatic rings. The lowest BCUT2D eigenvalue weighted by molar-refractivity contribution is -0.646. The highest BCUT2D eigenvalue weighted by Gasteiger charge is 2.23. The summed E-state index contributed by atoms with van der Waals surface area (Å²) in [6.07, 6.45) is 6.47. The molecule has 5 rings (SSSR count). The van der Waals surface area contributed by atoms with Crippen LogP contribution in [-0.2, 0) is 17.2 Å². The fourth-order valence-electron chi connectivity index (χ4n) is 4.47. The van der Waals surface area contributed by atoms with Crippen LogP contribution in [-0.4, -0.2) is 37.3 Å². The van der Waals surface area contributed by atoms with E-state index < -0.39 is 10.1 Å². The Morgan fingerprint density at radius 2 is 1.63 bits per heavy atom. The molecule has 1 aromatic heterocycles. The third-order valence-corrected chi connectivity index (χ3v) is 7.87. The molecule has 1 fully saturated rings. The largest absolute Gasteiger partial charge is 0.744 e. The van der Waals surface area contributed by atoms with Crippen LogP contribution >= 0.6 is 23.2 Å². The van der Waals surface area contributed by atoms with E-state index in [1.165, 1.54) is 35.3 Å². The molecule has 9 heteroatoms. The average molecular weight is 572 g/mol. The minimum absolute atomic E-state index is 0.226. The number of aryl methyl sites for hydroxylation is 1. The van der Waals surface area contributed by atoms with E-state index >= 15 is 0 Å². The van der Waals surface area contributed by atoms with Crippen molar-refractivity contribution in [3.8, 4) is 0 Å². The first-order valence-electron chi connectivity index (χ1n) is 12.1. The summed E-state index contributed by atoms with van der Waals surface area (Å²) < 4.78 is 33.2. The number of aliphatic hydroxyl groups excluding tert-OH is 1. The molecule has 1 N–H and O–H groups in total. The first-order valence-corrected chi connectivity index (χ1v) is 14.3. The van der Waals surface area contributed by atoms with Crippen LogP contribution in [0.25, 0.3) is 23.1 Å². The molecule has 1 saturated heterocycles. The van der Waals surface area contributed by atoms with Crippen LogP contribution in [0.4, 0.5) is 5.69 Å². The molecule has 38 heavy (non-hydrogen) atoms. The molecule has 0 saturated carbocycles. The molecular formula is C29H28Cl2N2O4S. The Hall–Kier alpha value is -2.94. The third-order valence-electron chi connectivity index (χ3n) is 6.54. The zero-order valence-corrected chi connectivity index (χ0v) is 23.1. The van der Waals surface area contributed by atoms with Gasteiger partial charge in [0.25, 0.3) is 0 Å². The van der Waals surface area contributed by atoms with Gasteiger partial charge in [0.2, 0.25) is 11.2 Å². The lowest BCUT2D eigenvalue weighted by Crippen LogP contribution is -2.32. The number of anilines is 1. The van der Waals surface area contributed by atoms with Gasteiger partial charge >= 0.3 is 0 Å². The van der Waals surface area contributed by atoms with Gasteiger partial charge < -0.3 is 14.6 Å². The Labute approximate surface area is 233 Å². The van der Waals surface area contributed by atoms with Crippen molar-refractivity contribution in [1.82, 2.24) is 0 Å². The van der Waals surface area contributed by atoms with Crippen LogP contribution < -0.4 is 9.47 Å². The lowest BCUT2D eigenvalue weighted by atomic mass is 10.1. The second-order valence-corrected chi connectivity index (χ2v) is 11.3. The molecule has 0 amide bonds. The van der Waals surface area contributed by atoms with E-state index in [1.54, 1.807) is 0 Å². The molecule has 198 valence electrons. The summed E-state index contributed by atoms with van der Waals surface area (Å²) in [6.45, 7) is 1.25. The van der Waals surface area contributed by atoms with Crippen molar-refractivity contribution >= 4 is 62.1 Å². The molecule has 0 radical (unpaired) electrons. The number of benzene rings is 3. The summed E-state index contributed by atoms with van der Waals surface area (Å²) in [4.78, 5) is 2.04. The third kappa shape index (κ3) is 6.92. The molecule has 2 heterocycles. The highest BCUT2D eigenvalue weighted by atomic mass is 35.5. The zero-order valence-electron chi connectivity index (χ0n) is 20.8. The summed E-state index contributed by atoms with van der Waals surface area (Å²) in [5.74, 6) is 0. The SMILES string of the molecule is C[n+]1c(C=Cc2ccc(N3CCCC3CO)cc2)ccc2ccc(Cl)cc21.O=S(=O)([O-])c1ccc(Cl)cc1. The first-order chi connectivity index (χ1) is 18.2. The number of rotatable bonds is 5. The highest BCUT2D eigenvalue weighted by Crippen LogP contribution is 2.26. The topological polar surface area (TPSA) is 84.5 Å². The molecule has 0 aliphatic carbocycles. The maximum absolute atomic E-state index is 10.3. The number of nitrogens with zero attached hydrogens (tertiary/aromatic N) is 2. The van der Waals surface area contributed by atoms with Gasteiger partial charge in [0, 0.05) is 45.9 Å². The number of hydrogen-bond donors (Lipinski definition) is 1. The van der Waals surface area contributed by atoms with Gasteiger partial charge in [-0.2, -0.15) is 4.57 Å². The summed E-state index contributed by atoms with van der Waals surface area (Å²) in [5.41, 5.74) is 4.58. The van der Waals surface area contributed by atoms with Gasteiger partial charge in [-0.15, -0.1) is 0 Å². The second kappa shape index (κ2) is 12.3. The molecular weight excluding hydrogens is 543 g/mol. The quantitative estimate of drug-likeness (QED) is 0.246. The van der Waals surface area contributed by atoms with Crippen molar-refractivity contribution in [2.75, 3.05) is 18.1 Å². The van der Waals surface area contributed by atoms with Crippen LogP contribution in [0.5, 0.6) is 0 Å². The summed E-state index contributed by atoms with van der Waals surface area (Å²) >= 11 is 11.6. The van der Waals surface area contributed by atoms with Gasteiger partial charge in [0.15, 0.2) is 0 Å². The monoisotopic (exact) mass is 570 g/mol. The van der Waals surface area contributed by atoms with Crippen LogP contribution in [0.1, 0.15) is 24.1 Å². The van der Waals surface area contributed by atoms with Crippen molar-refractivity contribution in [1.29, 1.82) is 0 Å². The first kappa shape index (κ1) is 28.1. The van der Waals surface area contributed by atoms with E-state index in [0.29, 0.717) is 5.02 Å². The van der Waals surface area contributed by atoms with Crippen molar-refractivity contribution < 1.29 is 22.6 Å². The molecule has 1 atom stereocenters. The van der Waals surface area contributed by atoms with E-state index in [4.69, 9.17) is 23.2 Å². The molecule has 0 spiro atoms. The molecule has 0 bridgehead atoms. The fourth-order valence-corrected chi connectivity index (χ4v) is 5.23. The number of hydrogen-bond acceptors (Lipinski definition) is 5. The lowest BCUT2D eigenvalue weighted by Gasteiger charge is -2.25. The average Bonchev–Trinajstić information content (AvgIpc) is 3.38. The fraction of sp³-hybridized carbons (Fsp3) is 0.207. The Bertz CT molecular complexity index is 1540. The maximum atomic E-state index is 10.3. The van der Waals surface area contributed by atoms with Crippen LogP contribution in [0.15, 0.2) is 83.8 Å². The minimum atomic E-state index is -4.33. The Balaban J connectivity index is 0.000000257. The minimum Gasteiger partial charge on any atom is -0.744 e. The van der Waals surface area contributed by atoms with Gasteiger partial charge in [-0.1, -0.05) is 35.3 Å². The van der Waals surface area contributed by atoms with Crippen LogP contribution in [0, 0.1) is 0 Å². The van der Waals surface area contributed by atoms with E-state index in [0.717, 1.165) is 41.2 Å². The second-order valence-electron chi connectivity index (χ2n) is 9.03. The molecule has 1 unspecified atom stereocenters. The van der Waals surface area contributed by atoms with E-state index in [9.17, 15) is 18.1 Å². The smallest absolute Gasteiger partial charge is 0.214 e. The van der Waals surface area contributed by atoms with Gasteiger partial charge in [0.1, 0.15) is 17.2 Å². The number of aromatic nitrogens is 1. The molecule has 1 aliphatic rings. The Kier molecular flexibility index (Phi) is 9.07. The zero-order chi connectivity index (χ0) is 27.3. The van der Waals surface area contributed by atoms with Gasteiger partial charge in [-0.25, -0.2) is 8.42 Å². The predicted molar refractivity (Wildman–Crippen MR) is 152 cm³/mol. The Morgan fingerprint density at radius 1 is 0.974 bits per heavy atom. The molecule has 3 aromatic carbocycles. The normalized spacial score (nSPS) is 15.6. The molecule has 1 aliphatic heterocycles. The predicted octanol–water partition coefficient (Wildman–Crippen LogP) is 5.69. The van der Waals surface area contributed by atoms with E-state index in [1.807, 2.05) is 18.2 Å². The van der Waals surface area contributed by atoms with Gasteiger partial charge in [-0.05, 0) is 79.1 Å². The molecule has 6 nitrogen and oxygen atoms in total. The summed E-state index contributed by atoms with van der Waals surface area (Å²) in [7, 11) is -2.27. The van der Waals surface area contributed by atoms with Crippen LogP contribution in [0.2, 0.25) is 10.0 Å². The summed E-state index contributed by atoms with van der Waals surface area (Å²) in [6, 6.07) is 24.1. The maximum Gasteiger partial charge on any atom is 0.214 e. The standard InChI is InChI=1S/C23H24ClN2O.C6H5ClO3S/c1-25-20(13-8-18-7-9-19(24)15-23(18)25)10-4-17-5-11-21(12-6-17)26-14-2-3-22(26)16-27;7-5-1-3-6(4-2-5)11(8,9)10/h4-13,15,22,27H,2-3,14,16H2,1H3;1-4H,(H,8,9,10)/q+1;/p-1. The summed E-state index contributed by atoms with van der Waals surface area (Å²) in [5, 5.41) is 11.8. The number of fused-ring (bicyclic) bond motifs is 1.